The van der Waals surface area contributed by atoms with E-state index in [9.17, 15) is 9.50 Å². The SMILES string of the molecule is OCC1CCCC1CNCC1Cc2cc(F)ccc2O1. The quantitative estimate of drug-likeness (QED) is 0.867. The largest absolute Gasteiger partial charge is 0.488 e. The fraction of sp³-hybridized carbons (Fsp3) is 0.625. The van der Waals surface area contributed by atoms with Gasteiger partial charge in [-0.2, -0.15) is 0 Å². The zero-order chi connectivity index (χ0) is 13.9. The predicted molar refractivity (Wildman–Crippen MR) is 75.3 cm³/mol. The smallest absolute Gasteiger partial charge is 0.123 e. The van der Waals surface area contributed by atoms with Crippen molar-refractivity contribution in [3.05, 3.63) is 29.6 Å². The number of fused-ring (bicyclic) bond motifs is 1. The number of halogens is 1. The van der Waals surface area contributed by atoms with Gasteiger partial charge < -0.3 is 15.2 Å². The van der Waals surface area contributed by atoms with Gasteiger partial charge in [0.25, 0.3) is 0 Å². The van der Waals surface area contributed by atoms with Gasteiger partial charge in [-0.1, -0.05) is 6.42 Å². The van der Waals surface area contributed by atoms with Crippen LogP contribution in [0.4, 0.5) is 4.39 Å². The van der Waals surface area contributed by atoms with Gasteiger partial charge in [0.2, 0.25) is 0 Å². The Balaban J connectivity index is 1.45. The van der Waals surface area contributed by atoms with Crippen LogP contribution in [0, 0.1) is 17.7 Å². The second-order valence-corrected chi connectivity index (χ2v) is 5.99. The fourth-order valence-electron chi connectivity index (χ4n) is 3.46. The van der Waals surface area contributed by atoms with Gasteiger partial charge in [0.15, 0.2) is 0 Å². The highest BCUT2D eigenvalue weighted by atomic mass is 19.1. The molecule has 0 saturated heterocycles. The molecular weight excluding hydrogens is 257 g/mol. The van der Waals surface area contributed by atoms with E-state index in [1.54, 1.807) is 12.1 Å². The second kappa shape index (κ2) is 6.10. The molecule has 0 aromatic heterocycles. The Hall–Kier alpha value is -1.13. The molecule has 0 radical (unpaired) electrons. The lowest BCUT2D eigenvalue weighted by atomic mass is 9.97. The van der Waals surface area contributed by atoms with Crippen LogP contribution in [0.5, 0.6) is 5.75 Å². The predicted octanol–water partition coefficient (Wildman–Crippen LogP) is 2.13. The summed E-state index contributed by atoms with van der Waals surface area (Å²) in [6.45, 7) is 2.03. The van der Waals surface area contributed by atoms with Crippen molar-refractivity contribution >= 4 is 0 Å². The summed E-state index contributed by atoms with van der Waals surface area (Å²) in [5.74, 6) is 1.66. The number of aliphatic hydroxyl groups excluding tert-OH is 1. The minimum absolute atomic E-state index is 0.0979. The third-order valence-corrected chi connectivity index (χ3v) is 4.59. The highest BCUT2D eigenvalue weighted by Crippen LogP contribution is 2.31. The first-order valence-corrected chi connectivity index (χ1v) is 7.53. The van der Waals surface area contributed by atoms with Crippen molar-refractivity contribution in [1.82, 2.24) is 5.32 Å². The molecule has 1 aliphatic carbocycles. The first-order chi connectivity index (χ1) is 9.76. The van der Waals surface area contributed by atoms with Crippen molar-refractivity contribution in [2.24, 2.45) is 11.8 Å². The molecule has 4 heteroatoms. The summed E-state index contributed by atoms with van der Waals surface area (Å²) < 4.78 is 18.9. The summed E-state index contributed by atoms with van der Waals surface area (Å²) in [6.07, 6.45) is 4.44. The third kappa shape index (κ3) is 2.96. The number of nitrogens with one attached hydrogen (secondary N) is 1. The Labute approximate surface area is 119 Å². The monoisotopic (exact) mass is 279 g/mol. The topological polar surface area (TPSA) is 41.5 Å². The summed E-state index contributed by atoms with van der Waals surface area (Å²) in [4.78, 5) is 0. The second-order valence-electron chi connectivity index (χ2n) is 5.99. The van der Waals surface area contributed by atoms with Crippen molar-refractivity contribution in [2.75, 3.05) is 19.7 Å². The van der Waals surface area contributed by atoms with E-state index in [0.29, 0.717) is 18.4 Å². The van der Waals surface area contributed by atoms with Crippen LogP contribution < -0.4 is 10.1 Å². The Morgan fingerprint density at radius 2 is 2.10 bits per heavy atom. The Kier molecular flexibility index (Phi) is 4.22. The van der Waals surface area contributed by atoms with Gasteiger partial charge in [0.1, 0.15) is 17.7 Å². The lowest BCUT2D eigenvalue weighted by Gasteiger charge is -2.19. The molecule has 3 nitrogen and oxygen atoms in total. The van der Waals surface area contributed by atoms with Crippen molar-refractivity contribution in [3.8, 4) is 5.75 Å². The van der Waals surface area contributed by atoms with Crippen LogP contribution in [-0.2, 0) is 6.42 Å². The highest BCUT2D eigenvalue weighted by Gasteiger charge is 2.27. The van der Waals surface area contributed by atoms with Crippen LogP contribution in [0.15, 0.2) is 18.2 Å². The zero-order valence-electron chi connectivity index (χ0n) is 11.6. The maximum absolute atomic E-state index is 13.1. The average molecular weight is 279 g/mol. The average Bonchev–Trinajstić information content (AvgIpc) is 3.04. The van der Waals surface area contributed by atoms with Crippen molar-refractivity contribution in [3.63, 3.8) is 0 Å². The van der Waals surface area contributed by atoms with E-state index in [2.05, 4.69) is 5.32 Å². The van der Waals surface area contributed by atoms with Crippen LogP contribution in [0.2, 0.25) is 0 Å². The molecule has 2 aliphatic rings. The van der Waals surface area contributed by atoms with Gasteiger partial charge >= 0.3 is 0 Å². The van der Waals surface area contributed by atoms with Crippen LogP contribution in [0.3, 0.4) is 0 Å². The van der Waals surface area contributed by atoms with Gasteiger partial charge in [-0.05, 0) is 49.4 Å². The molecule has 2 N–H and O–H groups in total. The van der Waals surface area contributed by atoms with E-state index in [0.717, 1.165) is 37.2 Å². The minimum atomic E-state index is -0.197. The molecule has 1 heterocycles. The Morgan fingerprint density at radius 1 is 1.25 bits per heavy atom. The maximum Gasteiger partial charge on any atom is 0.123 e. The molecule has 110 valence electrons. The van der Waals surface area contributed by atoms with Gasteiger partial charge in [0.05, 0.1) is 0 Å². The summed E-state index contributed by atoms with van der Waals surface area (Å²) in [7, 11) is 0. The molecule has 3 rings (SSSR count). The van der Waals surface area contributed by atoms with Crippen LogP contribution >= 0.6 is 0 Å². The molecule has 0 amide bonds. The third-order valence-electron chi connectivity index (χ3n) is 4.59. The lowest BCUT2D eigenvalue weighted by Crippen LogP contribution is -2.34. The van der Waals surface area contributed by atoms with Crippen LogP contribution in [-0.4, -0.2) is 30.9 Å². The maximum atomic E-state index is 13.1. The minimum Gasteiger partial charge on any atom is -0.488 e. The van der Waals surface area contributed by atoms with E-state index in [1.807, 2.05) is 0 Å². The molecule has 1 aromatic rings. The van der Waals surface area contributed by atoms with Gasteiger partial charge in [-0.25, -0.2) is 4.39 Å². The van der Waals surface area contributed by atoms with Gasteiger partial charge in [0, 0.05) is 25.1 Å². The molecule has 1 aliphatic heterocycles. The number of rotatable bonds is 5. The highest BCUT2D eigenvalue weighted by molar-refractivity contribution is 5.37. The van der Waals surface area contributed by atoms with Crippen molar-refractivity contribution in [1.29, 1.82) is 0 Å². The van der Waals surface area contributed by atoms with E-state index in [1.165, 1.54) is 18.9 Å². The summed E-state index contributed by atoms with van der Waals surface area (Å²) in [5.41, 5.74) is 0.964. The summed E-state index contributed by atoms with van der Waals surface area (Å²) in [5, 5.41) is 12.8. The fourth-order valence-corrected chi connectivity index (χ4v) is 3.46. The van der Waals surface area contributed by atoms with Crippen molar-refractivity contribution in [2.45, 2.75) is 31.8 Å². The van der Waals surface area contributed by atoms with Gasteiger partial charge in [-0.3, -0.25) is 0 Å². The number of ether oxygens (including phenoxy) is 1. The standard InChI is InChI=1S/C16H22FNO2/c17-14-4-5-16-13(6-14)7-15(20-16)9-18-8-11-2-1-3-12(11)10-19/h4-6,11-12,15,18-19H,1-3,7-10H2. The molecule has 1 fully saturated rings. The van der Waals surface area contributed by atoms with Gasteiger partial charge in [-0.15, -0.1) is 0 Å². The van der Waals surface area contributed by atoms with E-state index < -0.39 is 0 Å². The lowest BCUT2D eigenvalue weighted by molar-refractivity contribution is 0.185. The van der Waals surface area contributed by atoms with E-state index in [-0.39, 0.29) is 11.9 Å². The molecule has 20 heavy (non-hydrogen) atoms. The molecular formula is C16H22FNO2. The molecule has 0 bridgehead atoms. The van der Waals surface area contributed by atoms with E-state index >= 15 is 0 Å². The first kappa shape index (κ1) is 13.8. The first-order valence-electron chi connectivity index (χ1n) is 7.53. The zero-order valence-corrected chi connectivity index (χ0v) is 11.6. The molecule has 3 atom stereocenters. The molecule has 1 saturated carbocycles. The van der Waals surface area contributed by atoms with E-state index in [4.69, 9.17) is 4.74 Å². The molecule has 0 spiro atoms. The van der Waals surface area contributed by atoms with Crippen LogP contribution in [0.25, 0.3) is 0 Å². The van der Waals surface area contributed by atoms with Crippen LogP contribution in [0.1, 0.15) is 24.8 Å². The van der Waals surface area contributed by atoms with Crippen molar-refractivity contribution < 1.29 is 14.2 Å². The number of hydrogen-bond acceptors (Lipinski definition) is 3. The Bertz CT molecular complexity index is 466. The number of benzene rings is 1. The number of hydrogen-bond donors (Lipinski definition) is 2. The molecule has 3 unspecified atom stereocenters. The summed E-state index contributed by atoms with van der Waals surface area (Å²) >= 11 is 0. The summed E-state index contributed by atoms with van der Waals surface area (Å²) in [6, 6.07) is 4.72. The Morgan fingerprint density at radius 3 is 2.95 bits per heavy atom. The normalized spacial score (nSPS) is 28.4. The number of aliphatic hydroxyl groups is 1. The molecule has 1 aromatic carbocycles.